The summed E-state index contributed by atoms with van der Waals surface area (Å²) in [4.78, 5) is 11.8. The highest BCUT2D eigenvalue weighted by Crippen LogP contribution is 2.37. The van der Waals surface area contributed by atoms with Gasteiger partial charge < -0.3 is 5.32 Å². The largest absolute Gasteiger partial charge is 0.416 e. The molecule has 0 saturated heterocycles. The van der Waals surface area contributed by atoms with E-state index in [0.717, 1.165) is 19.3 Å². The summed E-state index contributed by atoms with van der Waals surface area (Å²) in [5, 5.41) is 2.41. The third-order valence-electron chi connectivity index (χ3n) is 3.71. The van der Waals surface area contributed by atoms with Crippen molar-refractivity contribution in [1.82, 2.24) is 0 Å². The van der Waals surface area contributed by atoms with Crippen molar-refractivity contribution >= 4 is 11.5 Å². The summed E-state index contributed by atoms with van der Waals surface area (Å²) in [6.45, 7) is 0. The lowest BCUT2D eigenvalue weighted by atomic mass is 10.1. The fraction of sp³-hybridized carbons (Fsp3) is 0.438. The highest BCUT2D eigenvalue weighted by Gasteiger charge is 2.36. The Balaban J connectivity index is 2.33. The second-order valence-corrected chi connectivity index (χ2v) is 5.59. The van der Waals surface area contributed by atoms with Gasteiger partial charge in [-0.3, -0.25) is 4.79 Å². The molecule has 2 nitrogen and oxygen atoms in total. The second kappa shape index (κ2) is 6.86. The first kappa shape index (κ1) is 18.4. The average molecular weight is 351 g/mol. The van der Waals surface area contributed by atoms with Gasteiger partial charge in [0.25, 0.3) is 0 Å². The zero-order valence-corrected chi connectivity index (χ0v) is 12.5. The van der Waals surface area contributed by atoms with Gasteiger partial charge in [-0.05, 0) is 37.5 Å². The van der Waals surface area contributed by atoms with Crippen molar-refractivity contribution in [3.8, 4) is 0 Å². The summed E-state index contributed by atoms with van der Waals surface area (Å²) in [6.07, 6.45) is -5.44. The van der Waals surface area contributed by atoms with Crippen LogP contribution in [0.15, 0.2) is 30.0 Å². The molecule has 0 unspecified atom stereocenters. The van der Waals surface area contributed by atoms with Crippen LogP contribution in [0, 0.1) is 0 Å². The molecule has 1 N–H and O–H groups in total. The monoisotopic (exact) mass is 351 g/mol. The molecular weight excluding hydrogens is 336 g/mol. The Labute approximate surface area is 134 Å². The first-order valence-electron chi connectivity index (χ1n) is 7.35. The van der Waals surface area contributed by atoms with Gasteiger partial charge in [0.2, 0.25) is 0 Å². The molecule has 1 aliphatic rings. The quantitative estimate of drug-likeness (QED) is 0.430. The van der Waals surface area contributed by atoms with E-state index < -0.39 is 23.5 Å². The van der Waals surface area contributed by atoms with E-state index in [2.05, 4.69) is 5.32 Å². The normalized spacial score (nSPS) is 18.6. The number of Topliss-reactive ketones (excluding diaryl/α,β-unsaturated/α-hetero) is 1. The Bertz CT molecular complexity index is 613. The predicted molar refractivity (Wildman–Crippen MR) is 76.2 cm³/mol. The Morgan fingerprint density at radius 2 is 1.38 bits per heavy atom. The first-order chi connectivity index (χ1) is 11.1. The van der Waals surface area contributed by atoms with Crippen molar-refractivity contribution in [2.75, 3.05) is 5.32 Å². The summed E-state index contributed by atoms with van der Waals surface area (Å²) in [5.41, 5.74) is -2.77. The van der Waals surface area contributed by atoms with Crippen LogP contribution < -0.4 is 5.32 Å². The smallest absolute Gasteiger partial charge is 0.361 e. The molecular formula is C16H15F6NO. The second-order valence-electron chi connectivity index (χ2n) is 5.59. The molecule has 0 heterocycles. The van der Waals surface area contributed by atoms with Crippen LogP contribution in [0.3, 0.4) is 0 Å². The number of nitrogens with one attached hydrogen (secondary N) is 1. The van der Waals surface area contributed by atoms with E-state index in [1.807, 2.05) is 0 Å². The Morgan fingerprint density at radius 1 is 0.833 bits per heavy atom. The molecule has 0 aromatic heterocycles. The summed E-state index contributed by atoms with van der Waals surface area (Å²) in [5.74, 6) is -0.136. The molecule has 0 aliphatic heterocycles. The molecule has 1 saturated carbocycles. The maximum absolute atomic E-state index is 12.8. The minimum absolute atomic E-state index is 0.0646. The number of benzene rings is 1. The van der Waals surface area contributed by atoms with E-state index in [-0.39, 0.29) is 17.5 Å². The van der Waals surface area contributed by atoms with E-state index in [0.29, 0.717) is 30.5 Å². The number of alkyl halides is 6. The van der Waals surface area contributed by atoms with Crippen LogP contribution in [0.5, 0.6) is 0 Å². The molecule has 1 aromatic carbocycles. The number of allylic oxidation sites excluding steroid dienone is 1. The van der Waals surface area contributed by atoms with Crippen LogP contribution in [-0.2, 0) is 17.1 Å². The maximum atomic E-state index is 12.8. The van der Waals surface area contributed by atoms with Crippen molar-refractivity contribution in [2.45, 2.75) is 44.5 Å². The summed E-state index contributed by atoms with van der Waals surface area (Å²) in [6, 6.07) is 1.25. The molecule has 0 atom stereocenters. The SMILES string of the molecule is O=C1CCCCCC1=CNc1cc(C(F)(F)F)cc(C(F)(F)F)c1. The summed E-state index contributed by atoms with van der Waals surface area (Å²) in [7, 11) is 0. The van der Waals surface area contributed by atoms with Gasteiger partial charge in [-0.2, -0.15) is 26.3 Å². The van der Waals surface area contributed by atoms with Gasteiger partial charge in [-0.25, -0.2) is 0 Å². The standard InChI is InChI=1S/C16H15F6NO/c17-15(18,19)11-6-12(16(20,21)22)8-13(7-11)23-9-10-4-2-1-3-5-14(10)24/h6-9,23H,1-5H2. The van der Waals surface area contributed by atoms with Crippen molar-refractivity contribution in [1.29, 1.82) is 0 Å². The number of carbonyl (C=O) groups excluding carboxylic acids is 1. The number of carbonyl (C=O) groups is 1. The molecule has 0 bridgehead atoms. The van der Waals surface area contributed by atoms with Gasteiger partial charge in [0.05, 0.1) is 11.1 Å². The minimum Gasteiger partial charge on any atom is -0.361 e. The van der Waals surface area contributed by atoms with Crippen LogP contribution in [0.4, 0.5) is 32.0 Å². The molecule has 1 aliphatic carbocycles. The average Bonchev–Trinajstić information content (AvgIpc) is 2.67. The molecule has 0 amide bonds. The molecule has 0 spiro atoms. The minimum atomic E-state index is -4.90. The van der Waals surface area contributed by atoms with E-state index in [4.69, 9.17) is 0 Å². The van der Waals surface area contributed by atoms with Crippen molar-refractivity contribution in [2.24, 2.45) is 0 Å². The van der Waals surface area contributed by atoms with Crippen LogP contribution in [0.1, 0.15) is 43.2 Å². The van der Waals surface area contributed by atoms with Crippen LogP contribution in [0.25, 0.3) is 0 Å². The molecule has 2 rings (SSSR count). The first-order valence-corrected chi connectivity index (χ1v) is 7.35. The predicted octanol–water partition coefficient (Wildman–Crippen LogP) is 5.55. The zero-order chi connectivity index (χ0) is 18.0. The number of anilines is 1. The maximum Gasteiger partial charge on any atom is 0.416 e. The van der Waals surface area contributed by atoms with E-state index in [1.165, 1.54) is 6.20 Å². The number of rotatable bonds is 2. The fourth-order valence-corrected chi connectivity index (χ4v) is 2.44. The lowest BCUT2D eigenvalue weighted by Crippen LogP contribution is -2.11. The number of hydrogen-bond acceptors (Lipinski definition) is 2. The molecule has 1 aromatic rings. The van der Waals surface area contributed by atoms with Gasteiger partial charge in [-0.1, -0.05) is 6.42 Å². The molecule has 132 valence electrons. The van der Waals surface area contributed by atoms with Gasteiger partial charge in [0.1, 0.15) is 0 Å². The number of hydrogen-bond donors (Lipinski definition) is 1. The van der Waals surface area contributed by atoms with Crippen LogP contribution >= 0.6 is 0 Å². The molecule has 24 heavy (non-hydrogen) atoms. The molecule has 0 radical (unpaired) electrons. The van der Waals surface area contributed by atoms with Gasteiger partial charge in [0.15, 0.2) is 5.78 Å². The Hall–Kier alpha value is -1.99. The van der Waals surface area contributed by atoms with Crippen LogP contribution in [-0.4, -0.2) is 5.78 Å². The van der Waals surface area contributed by atoms with Gasteiger partial charge >= 0.3 is 12.4 Å². The fourth-order valence-electron chi connectivity index (χ4n) is 2.44. The highest BCUT2D eigenvalue weighted by atomic mass is 19.4. The van der Waals surface area contributed by atoms with Crippen molar-refractivity contribution in [3.05, 3.63) is 41.1 Å². The third kappa shape index (κ3) is 4.75. The zero-order valence-electron chi connectivity index (χ0n) is 12.5. The number of ketones is 1. The van der Waals surface area contributed by atoms with Gasteiger partial charge in [-0.15, -0.1) is 0 Å². The Morgan fingerprint density at radius 3 is 1.92 bits per heavy atom. The lowest BCUT2D eigenvalue weighted by Gasteiger charge is -2.14. The van der Waals surface area contributed by atoms with E-state index >= 15 is 0 Å². The molecule has 1 fully saturated rings. The van der Waals surface area contributed by atoms with Crippen molar-refractivity contribution < 1.29 is 31.1 Å². The summed E-state index contributed by atoms with van der Waals surface area (Å²) < 4.78 is 76.7. The van der Waals surface area contributed by atoms with E-state index in [1.54, 1.807) is 0 Å². The third-order valence-corrected chi connectivity index (χ3v) is 3.71. The Kier molecular flexibility index (Phi) is 5.25. The van der Waals surface area contributed by atoms with Gasteiger partial charge in [0, 0.05) is 23.9 Å². The highest BCUT2D eigenvalue weighted by molar-refractivity contribution is 5.95. The van der Waals surface area contributed by atoms with Crippen molar-refractivity contribution in [3.63, 3.8) is 0 Å². The molecule has 8 heteroatoms. The van der Waals surface area contributed by atoms with Crippen LogP contribution in [0.2, 0.25) is 0 Å². The summed E-state index contributed by atoms with van der Waals surface area (Å²) >= 11 is 0. The lowest BCUT2D eigenvalue weighted by molar-refractivity contribution is -0.143. The van der Waals surface area contributed by atoms with E-state index in [9.17, 15) is 31.1 Å². The number of halogens is 6. The topological polar surface area (TPSA) is 29.1 Å².